The van der Waals surface area contributed by atoms with E-state index in [9.17, 15) is 9.59 Å². The molecule has 168 valence electrons. The predicted molar refractivity (Wildman–Crippen MR) is 120 cm³/mol. The van der Waals surface area contributed by atoms with Crippen molar-refractivity contribution in [1.29, 1.82) is 0 Å². The number of ether oxygens (including phenoxy) is 1. The molecule has 0 bridgehead atoms. The van der Waals surface area contributed by atoms with Crippen LogP contribution in [0.3, 0.4) is 0 Å². The molecule has 4 rings (SSSR count). The second-order valence-corrected chi connectivity index (χ2v) is 11.9. The van der Waals surface area contributed by atoms with Crippen LogP contribution in [0.4, 0.5) is 0 Å². The number of fused-ring (bicyclic) bond motifs is 5. The first-order valence-electron chi connectivity index (χ1n) is 12.5. The molecule has 0 aromatic rings. The predicted octanol–water partition coefficient (Wildman–Crippen LogP) is 6.36. The van der Waals surface area contributed by atoms with E-state index in [1.807, 2.05) is 13.0 Å². The Hall–Kier alpha value is -1.12. The molecule has 0 aromatic carbocycles. The van der Waals surface area contributed by atoms with Gasteiger partial charge in [-0.25, -0.2) is 0 Å². The highest BCUT2D eigenvalue weighted by Gasteiger charge is 2.60. The van der Waals surface area contributed by atoms with Crippen molar-refractivity contribution in [2.24, 2.45) is 46.3 Å². The number of ketones is 1. The van der Waals surface area contributed by atoms with E-state index in [1.165, 1.54) is 37.7 Å². The van der Waals surface area contributed by atoms with Crippen LogP contribution in [-0.2, 0) is 14.3 Å². The molecule has 4 aliphatic carbocycles. The van der Waals surface area contributed by atoms with Gasteiger partial charge in [-0.15, -0.1) is 0 Å². The molecule has 8 atom stereocenters. The normalized spacial score (nSPS) is 42.6. The molecule has 0 heterocycles. The quantitative estimate of drug-likeness (QED) is 0.503. The van der Waals surface area contributed by atoms with E-state index in [0.717, 1.165) is 37.0 Å². The van der Waals surface area contributed by atoms with Crippen molar-refractivity contribution in [3.63, 3.8) is 0 Å². The summed E-state index contributed by atoms with van der Waals surface area (Å²) in [6, 6.07) is 0. The molecule has 0 aromatic heterocycles. The van der Waals surface area contributed by atoms with Gasteiger partial charge in [0.2, 0.25) is 0 Å². The number of carbonyl (C=O) groups excluding carboxylic acids is 2. The van der Waals surface area contributed by atoms with Crippen molar-refractivity contribution in [1.82, 2.24) is 0 Å². The van der Waals surface area contributed by atoms with E-state index < -0.39 is 0 Å². The van der Waals surface area contributed by atoms with E-state index in [0.29, 0.717) is 17.6 Å². The van der Waals surface area contributed by atoms with Gasteiger partial charge < -0.3 is 4.74 Å². The standard InChI is InChI=1S/C27H42O3/c1-16(2)17(3)25(29)30-18(4)22-9-10-23-21-8-7-19-15-20(28)11-13-26(19,5)24(21)12-14-27(22,23)6/h15-18,21-24H,7-14H2,1-6H3/t17-,18-,21?,22+,23?,24?,26-,27+/m0/s1. The second-order valence-electron chi connectivity index (χ2n) is 11.9. The topological polar surface area (TPSA) is 43.4 Å². The Kier molecular flexibility index (Phi) is 5.73. The number of hydrogen-bond donors (Lipinski definition) is 0. The van der Waals surface area contributed by atoms with Crippen molar-refractivity contribution >= 4 is 11.8 Å². The molecule has 3 nitrogen and oxygen atoms in total. The Labute approximate surface area is 183 Å². The van der Waals surface area contributed by atoms with Crippen LogP contribution in [0.15, 0.2) is 11.6 Å². The summed E-state index contributed by atoms with van der Waals surface area (Å²) in [5, 5.41) is 0. The lowest BCUT2D eigenvalue weighted by Gasteiger charge is -2.58. The van der Waals surface area contributed by atoms with Crippen molar-refractivity contribution in [2.45, 2.75) is 99.0 Å². The highest BCUT2D eigenvalue weighted by Crippen LogP contribution is 2.67. The summed E-state index contributed by atoms with van der Waals surface area (Å²) in [6.45, 7) is 13.3. The van der Waals surface area contributed by atoms with E-state index in [1.54, 1.807) is 0 Å². The molecule has 0 aliphatic heterocycles. The first kappa shape index (κ1) is 22.1. The molecule has 0 radical (unpaired) electrons. The largest absolute Gasteiger partial charge is 0.462 e. The monoisotopic (exact) mass is 414 g/mol. The fourth-order valence-corrected chi connectivity index (χ4v) is 8.02. The van der Waals surface area contributed by atoms with Gasteiger partial charge in [0.05, 0.1) is 5.92 Å². The van der Waals surface area contributed by atoms with Gasteiger partial charge in [0, 0.05) is 12.3 Å². The molecule has 0 N–H and O–H groups in total. The maximum absolute atomic E-state index is 12.6. The van der Waals surface area contributed by atoms with Crippen LogP contribution >= 0.6 is 0 Å². The molecule has 0 amide bonds. The van der Waals surface area contributed by atoms with Gasteiger partial charge in [0.15, 0.2) is 5.78 Å². The van der Waals surface area contributed by atoms with Gasteiger partial charge >= 0.3 is 5.97 Å². The van der Waals surface area contributed by atoms with Gasteiger partial charge in [-0.3, -0.25) is 9.59 Å². The maximum Gasteiger partial charge on any atom is 0.309 e. The summed E-state index contributed by atoms with van der Waals surface area (Å²) >= 11 is 0. The van der Waals surface area contributed by atoms with Gasteiger partial charge in [0.1, 0.15) is 6.10 Å². The summed E-state index contributed by atoms with van der Waals surface area (Å²) in [5.74, 6) is 3.30. The number of rotatable bonds is 4. The third kappa shape index (κ3) is 3.39. The Balaban J connectivity index is 1.51. The fraction of sp³-hybridized carbons (Fsp3) is 0.852. The third-order valence-corrected chi connectivity index (χ3v) is 10.3. The van der Waals surface area contributed by atoms with Gasteiger partial charge in [-0.05, 0) is 92.4 Å². The van der Waals surface area contributed by atoms with Gasteiger partial charge in [0.25, 0.3) is 0 Å². The first-order valence-corrected chi connectivity index (χ1v) is 12.5. The Morgan fingerprint density at radius 3 is 2.43 bits per heavy atom. The van der Waals surface area contributed by atoms with Crippen LogP contribution in [0.1, 0.15) is 92.9 Å². The maximum atomic E-state index is 12.6. The molecule has 0 saturated heterocycles. The Morgan fingerprint density at radius 2 is 1.73 bits per heavy atom. The van der Waals surface area contributed by atoms with Crippen LogP contribution in [0.5, 0.6) is 0 Å². The van der Waals surface area contributed by atoms with Crippen molar-refractivity contribution in [2.75, 3.05) is 0 Å². The summed E-state index contributed by atoms with van der Waals surface area (Å²) in [4.78, 5) is 24.6. The molecule has 3 unspecified atom stereocenters. The number of allylic oxidation sites excluding steroid dienone is 1. The van der Waals surface area contributed by atoms with Crippen molar-refractivity contribution < 1.29 is 14.3 Å². The van der Waals surface area contributed by atoms with Crippen LogP contribution in [-0.4, -0.2) is 17.9 Å². The number of esters is 1. The van der Waals surface area contributed by atoms with E-state index in [-0.39, 0.29) is 28.8 Å². The molecule has 3 heteroatoms. The van der Waals surface area contributed by atoms with Crippen LogP contribution in [0, 0.1) is 46.3 Å². The number of carbonyl (C=O) groups is 2. The van der Waals surface area contributed by atoms with Gasteiger partial charge in [-0.2, -0.15) is 0 Å². The average Bonchev–Trinajstić information content (AvgIpc) is 3.05. The van der Waals surface area contributed by atoms with E-state index in [4.69, 9.17) is 4.74 Å². The minimum Gasteiger partial charge on any atom is -0.462 e. The summed E-state index contributed by atoms with van der Waals surface area (Å²) in [7, 11) is 0. The third-order valence-electron chi connectivity index (χ3n) is 10.3. The zero-order chi connectivity index (χ0) is 21.8. The molecular weight excluding hydrogens is 372 g/mol. The number of hydrogen-bond acceptors (Lipinski definition) is 3. The Bertz CT molecular complexity index is 736. The Morgan fingerprint density at radius 1 is 1.00 bits per heavy atom. The summed E-state index contributed by atoms with van der Waals surface area (Å²) in [5.41, 5.74) is 1.97. The lowest BCUT2D eigenvalue weighted by atomic mass is 9.46. The van der Waals surface area contributed by atoms with E-state index in [2.05, 4.69) is 34.6 Å². The second kappa shape index (κ2) is 7.78. The minimum absolute atomic E-state index is 0.00665. The lowest BCUT2D eigenvalue weighted by Crippen LogP contribution is -2.51. The molecule has 4 aliphatic rings. The van der Waals surface area contributed by atoms with Crippen LogP contribution < -0.4 is 0 Å². The zero-order valence-corrected chi connectivity index (χ0v) is 20.0. The minimum atomic E-state index is -0.0364. The molecule has 0 spiro atoms. The zero-order valence-electron chi connectivity index (χ0n) is 20.0. The molecular formula is C27H42O3. The van der Waals surface area contributed by atoms with Crippen LogP contribution in [0.2, 0.25) is 0 Å². The molecule has 30 heavy (non-hydrogen) atoms. The first-order chi connectivity index (χ1) is 14.1. The van der Waals surface area contributed by atoms with Gasteiger partial charge in [-0.1, -0.05) is 40.2 Å². The fourth-order valence-electron chi connectivity index (χ4n) is 8.02. The SMILES string of the molecule is CC(C)[C@H](C)C(=O)O[C@@H](C)[C@H]1CCC2C3CCC4=CC(=O)CC[C@]4(C)C3CC[C@@]21C. The van der Waals surface area contributed by atoms with Crippen molar-refractivity contribution in [3.8, 4) is 0 Å². The average molecular weight is 415 g/mol. The molecule has 3 fully saturated rings. The van der Waals surface area contributed by atoms with Crippen molar-refractivity contribution in [3.05, 3.63) is 11.6 Å². The van der Waals surface area contributed by atoms with Crippen LogP contribution in [0.25, 0.3) is 0 Å². The highest BCUT2D eigenvalue weighted by atomic mass is 16.5. The van der Waals surface area contributed by atoms with E-state index >= 15 is 0 Å². The summed E-state index contributed by atoms with van der Waals surface area (Å²) < 4.78 is 6.04. The smallest absolute Gasteiger partial charge is 0.309 e. The highest BCUT2D eigenvalue weighted by molar-refractivity contribution is 5.91. The summed E-state index contributed by atoms with van der Waals surface area (Å²) in [6.07, 6.45) is 11.1. The molecule has 3 saturated carbocycles. The lowest BCUT2D eigenvalue weighted by molar-refractivity contribution is -0.161.